The Kier molecular flexibility index (Phi) is 5.64. The fraction of sp³-hybridized carbons (Fsp3) is 0.286. The predicted molar refractivity (Wildman–Crippen MR) is 101 cm³/mol. The van der Waals surface area contributed by atoms with Gasteiger partial charge in [-0.15, -0.1) is 0 Å². The molecule has 3 aromatic rings. The van der Waals surface area contributed by atoms with Gasteiger partial charge in [-0.3, -0.25) is 4.79 Å². The molecule has 0 radical (unpaired) electrons. The van der Waals surface area contributed by atoms with Crippen molar-refractivity contribution in [2.45, 2.75) is 13.8 Å². The number of carbonyl (C=O) groups is 1. The molecule has 27 heavy (non-hydrogen) atoms. The largest absolute Gasteiger partial charge is 0.494 e. The van der Waals surface area contributed by atoms with Crippen molar-refractivity contribution in [1.82, 2.24) is 4.90 Å². The third kappa shape index (κ3) is 4.22. The van der Waals surface area contributed by atoms with Crippen molar-refractivity contribution < 1.29 is 23.1 Å². The highest BCUT2D eigenvalue weighted by Crippen LogP contribution is 2.29. The third-order valence-corrected chi connectivity index (χ3v) is 4.27. The lowest BCUT2D eigenvalue weighted by Crippen LogP contribution is -2.31. The number of furan rings is 1. The van der Waals surface area contributed by atoms with Crippen LogP contribution < -0.4 is 9.47 Å². The first-order valence-electron chi connectivity index (χ1n) is 8.79. The highest BCUT2D eigenvalue weighted by molar-refractivity contribution is 5.99. The Hall–Kier alpha value is -3.02. The van der Waals surface area contributed by atoms with E-state index >= 15 is 0 Å². The average molecular weight is 371 g/mol. The van der Waals surface area contributed by atoms with E-state index < -0.39 is 0 Å². The summed E-state index contributed by atoms with van der Waals surface area (Å²) in [6.45, 7) is 5.02. The van der Waals surface area contributed by atoms with Gasteiger partial charge in [0.05, 0.1) is 13.2 Å². The predicted octanol–water partition coefficient (Wildman–Crippen LogP) is 4.43. The maximum absolute atomic E-state index is 12.9. The van der Waals surface area contributed by atoms with Gasteiger partial charge in [0.15, 0.2) is 5.76 Å². The normalized spacial score (nSPS) is 10.8. The van der Waals surface area contributed by atoms with Gasteiger partial charge in [-0.1, -0.05) is 0 Å². The standard InChI is InChI=1S/C21H22FNO4/c1-4-25-17-9-10-19-18(13-17)14(2)20(27-19)21(24)23(3)11-12-26-16-7-5-15(22)6-8-16/h5-10,13H,4,11-12H2,1-3H3. The number of hydrogen-bond acceptors (Lipinski definition) is 4. The van der Waals surface area contributed by atoms with Crippen molar-refractivity contribution in [1.29, 1.82) is 0 Å². The summed E-state index contributed by atoms with van der Waals surface area (Å²) < 4.78 is 29.7. The van der Waals surface area contributed by atoms with Crippen LogP contribution in [0, 0.1) is 12.7 Å². The van der Waals surface area contributed by atoms with Gasteiger partial charge in [-0.25, -0.2) is 4.39 Å². The number of rotatable bonds is 7. The SMILES string of the molecule is CCOc1ccc2oc(C(=O)N(C)CCOc3ccc(F)cc3)c(C)c2c1. The molecule has 0 aliphatic carbocycles. The van der Waals surface area contributed by atoms with E-state index in [1.54, 1.807) is 19.2 Å². The highest BCUT2D eigenvalue weighted by atomic mass is 19.1. The Labute approximate surface area is 157 Å². The molecule has 1 amide bonds. The zero-order chi connectivity index (χ0) is 19.4. The number of fused-ring (bicyclic) bond motifs is 1. The van der Waals surface area contributed by atoms with Crippen LogP contribution in [0.3, 0.4) is 0 Å². The number of carbonyl (C=O) groups excluding carboxylic acids is 1. The van der Waals surface area contributed by atoms with E-state index in [4.69, 9.17) is 13.9 Å². The highest BCUT2D eigenvalue weighted by Gasteiger charge is 2.21. The van der Waals surface area contributed by atoms with Crippen LogP contribution in [0.25, 0.3) is 11.0 Å². The smallest absolute Gasteiger partial charge is 0.289 e. The molecule has 2 aromatic carbocycles. The number of amides is 1. The Balaban J connectivity index is 1.67. The van der Waals surface area contributed by atoms with Gasteiger partial charge in [0.2, 0.25) is 0 Å². The molecule has 5 nitrogen and oxygen atoms in total. The summed E-state index contributed by atoms with van der Waals surface area (Å²) in [7, 11) is 1.69. The molecule has 0 aliphatic heterocycles. The molecule has 0 fully saturated rings. The van der Waals surface area contributed by atoms with E-state index in [0.29, 0.717) is 36.9 Å². The molecule has 1 heterocycles. The van der Waals surface area contributed by atoms with Crippen LogP contribution in [0.2, 0.25) is 0 Å². The van der Waals surface area contributed by atoms with E-state index in [-0.39, 0.29) is 11.7 Å². The first-order valence-corrected chi connectivity index (χ1v) is 8.79. The lowest BCUT2D eigenvalue weighted by Gasteiger charge is -2.16. The third-order valence-electron chi connectivity index (χ3n) is 4.27. The molecule has 0 aliphatic rings. The molecule has 142 valence electrons. The molecule has 0 unspecified atom stereocenters. The van der Waals surface area contributed by atoms with Crippen LogP contribution >= 0.6 is 0 Å². The maximum atomic E-state index is 12.9. The number of hydrogen-bond donors (Lipinski definition) is 0. The Morgan fingerprint density at radius 1 is 1.11 bits per heavy atom. The van der Waals surface area contributed by atoms with Gasteiger partial charge < -0.3 is 18.8 Å². The molecule has 6 heteroatoms. The first kappa shape index (κ1) is 18.8. The molecular weight excluding hydrogens is 349 g/mol. The van der Waals surface area contributed by atoms with E-state index in [9.17, 15) is 9.18 Å². The van der Waals surface area contributed by atoms with Crippen LogP contribution in [0.5, 0.6) is 11.5 Å². The van der Waals surface area contributed by atoms with Crippen LogP contribution in [0.15, 0.2) is 46.9 Å². The summed E-state index contributed by atoms with van der Waals surface area (Å²) in [6, 6.07) is 11.3. The minimum atomic E-state index is -0.317. The molecule has 3 rings (SSSR count). The molecule has 0 bridgehead atoms. The number of benzene rings is 2. The van der Waals surface area contributed by atoms with Gasteiger partial charge in [-0.2, -0.15) is 0 Å². The Morgan fingerprint density at radius 3 is 2.52 bits per heavy atom. The van der Waals surface area contributed by atoms with E-state index in [0.717, 1.165) is 16.7 Å². The number of ether oxygens (including phenoxy) is 2. The summed E-state index contributed by atoms with van der Waals surface area (Å²) in [5.41, 5.74) is 1.43. The van der Waals surface area contributed by atoms with Crippen LogP contribution in [-0.2, 0) is 0 Å². The summed E-state index contributed by atoms with van der Waals surface area (Å²) in [4.78, 5) is 14.3. The minimum Gasteiger partial charge on any atom is -0.494 e. The molecule has 1 aromatic heterocycles. The number of likely N-dealkylation sites (N-methyl/N-ethyl adjacent to an activating group) is 1. The molecule has 0 saturated heterocycles. The molecule has 0 N–H and O–H groups in total. The van der Waals surface area contributed by atoms with Gasteiger partial charge in [-0.05, 0) is 56.3 Å². The number of aryl methyl sites for hydroxylation is 1. The number of halogens is 1. The fourth-order valence-corrected chi connectivity index (χ4v) is 2.77. The van der Waals surface area contributed by atoms with E-state index in [2.05, 4.69) is 0 Å². The second-order valence-corrected chi connectivity index (χ2v) is 6.18. The van der Waals surface area contributed by atoms with Crippen LogP contribution in [-0.4, -0.2) is 37.6 Å². The van der Waals surface area contributed by atoms with Crippen LogP contribution in [0.1, 0.15) is 23.0 Å². The zero-order valence-electron chi connectivity index (χ0n) is 15.6. The summed E-state index contributed by atoms with van der Waals surface area (Å²) in [6.07, 6.45) is 0. The van der Waals surface area contributed by atoms with Gasteiger partial charge in [0.25, 0.3) is 5.91 Å². The van der Waals surface area contributed by atoms with Crippen molar-refractivity contribution in [2.75, 3.05) is 26.8 Å². The minimum absolute atomic E-state index is 0.218. The monoisotopic (exact) mass is 371 g/mol. The average Bonchev–Trinajstić information content (AvgIpc) is 2.99. The molecular formula is C21H22FNO4. The summed E-state index contributed by atoms with van der Waals surface area (Å²) in [5, 5.41) is 0.861. The summed E-state index contributed by atoms with van der Waals surface area (Å²) in [5.74, 6) is 1.07. The van der Waals surface area contributed by atoms with E-state index in [1.807, 2.05) is 32.0 Å². The lowest BCUT2D eigenvalue weighted by molar-refractivity contribution is 0.0744. The molecule has 0 atom stereocenters. The second kappa shape index (κ2) is 8.12. The number of nitrogens with zero attached hydrogens (tertiary/aromatic N) is 1. The van der Waals surface area contributed by atoms with Gasteiger partial charge >= 0.3 is 0 Å². The molecule has 0 saturated carbocycles. The second-order valence-electron chi connectivity index (χ2n) is 6.18. The fourth-order valence-electron chi connectivity index (χ4n) is 2.77. The van der Waals surface area contributed by atoms with Crippen LogP contribution in [0.4, 0.5) is 4.39 Å². The Morgan fingerprint density at radius 2 is 1.81 bits per heavy atom. The Bertz CT molecular complexity index is 933. The quantitative estimate of drug-likeness (QED) is 0.617. The van der Waals surface area contributed by atoms with Crippen molar-refractivity contribution in [3.05, 3.63) is 59.6 Å². The van der Waals surface area contributed by atoms with E-state index in [1.165, 1.54) is 17.0 Å². The van der Waals surface area contributed by atoms with Crippen molar-refractivity contribution in [3.8, 4) is 11.5 Å². The molecule has 0 spiro atoms. The van der Waals surface area contributed by atoms with Gasteiger partial charge in [0.1, 0.15) is 29.5 Å². The van der Waals surface area contributed by atoms with Crippen molar-refractivity contribution in [2.24, 2.45) is 0 Å². The van der Waals surface area contributed by atoms with Crippen molar-refractivity contribution >= 4 is 16.9 Å². The maximum Gasteiger partial charge on any atom is 0.289 e. The zero-order valence-corrected chi connectivity index (χ0v) is 15.6. The first-order chi connectivity index (χ1) is 13.0. The topological polar surface area (TPSA) is 51.9 Å². The van der Waals surface area contributed by atoms with Gasteiger partial charge in [0, 0.05) is 18.0 Å². The summed E-state index contributed by atoms with van der Waals surface area (Å²) >= 11 is 0. The van der Waals surface area contributed by atoms with Crippen molar-refractivity contribution in [3.63, 3.8) is 0 Å². The lowest BCUT2D eigenvalue weighted by atomic mass is 10.1.